The second kappa shape index (κ2) is 5.99. The fourth-order valence-corrected chi connectivity index (χ4v) is 1.98. The molecule has 1 heterocycles. The molecule has 0 spiro atoms. The van der Waals surface area contributed by atoms with Gasteiger partial charge in [0.25, 0.3) is 0 Å². The summed E-state index contributed by atoms with van der Waals surface area (Å²) in [6, 6.07) is 0. The van der Waals surface area contributed by atoms with Gasteiger partial charge < -0.3 is 9.80 Å². The van der Waals surface area contributed by atoms with Crippen LogP contribution in [0.3, 0.4) is 0 Å². The summed E-state index contributed by atoms with van der Waals surface area (Å²) in [4.78, 5) is 5.02. The van der Waals surface area contributed by atoms with E-state index in [4.69, 9.17) is 0 Å². The number of likely N-dealkylation sites (N-methyl/N-ethyl adjacent to an activating group) is 1. The minimum atomic E-state index is 0.781. The SMILES string of the molecule is CC(CBr)CN1CCCN(C)CC1. The zero-order chi connectivity index (χ0) is 9.68. The molecule has 0 aliphatic carbocycles. The average molecular weight is 249 g/mol. The van der Waals surface area contributed by atoms with E-state index < -0.39 is 0 Å². The quantitative estimate of drug-likeness (QED) is 0.702. The average Bonchev–Trinajstić information content (AvgIpc) is 2.31. The summed E-state index contributed by atoms with van der Waals surface area (Å²) in [7, 11) is 2.22. The van der Waals surface area contributed by atoms with Crippen molar-refractivity contribution in [2.45, 2.75) is 13.3 Å². The highest BCUT2D eigenvalue weighted by molar-refractivity contribution is 9.09. The molecule has 0 saturated carbocycles. The van der Waals surface area contributed by atoms with Crippen molar-refractivity contribution in [1.82, 2.24) is 9.80 Å². The Hall–Kier alpha value is 0.400. The van der Waals surface area contributed by atoms with E-state index in [1.54, 1.807) is 0 Å². The molecule has 0 bridgehead atoms. The standard InChI is InChI=1S/C10H21BrN2/c1-10(8-11)9-13-5-3-4-12(2)6-7-13/h10H,3-9H2,1-2H3. The van der Waals surface area contributed by atoms with E-state index in [1.807, 2.05) is 0 Å². The fourth-order valence-electron chi connectivity index (χ4n) is 1.77. The molecule has 0 aromatic heterocycles. The molecule has 3 heteroatoms. The van der Waals surface area contributed by atoms with Crippen molar-refractivity contribution in [1.29, 1.82) is 0 Å². The van der Waals surface area contributed by atoms with Gasteiger partial charge >= 0.3 is 0 Å². The monoisotopic (exact) mass is 248 g/mol. The van der Waals surface area contributed by atoms with E-state index in [-0.39, 0.29) is 0 Å². The number of rotatable bonds is 3. The predicted molar refractivity (Wildman–Crippen MR) is 61.5 cm³/mol. The lowest BCUT2D eigenvalue weighted by Crippen LogP contribution is -2.32. The molecule has 1 fully saturated rings. The van der Waals surface area contributed by atoms with E-state index in [1.165, 1.54) is 39.1 Å². The molecule has 13 heavy (non-hydrogen) atoms. The molecule has 1 rings (SSSR count). The van der Waals surface area contributed by atoms with Crippen molar-refractivity contribution in [3.63, 3.8) is 0 Å². The zero-order valence-corrected chi connectivity index (χ0v) is 10.4. The third-order valence-corrected chi connectivity index (χ3v) is 3.75. The number of hydrogen-bond acceptors (Lipinski definition) is 2. The van der Waals surface area contributed by atoms with Gasteiger partial charge in [-0.3, -0.25) is 0 Å². The maximum Gasteiger partial charge on any atom is 0.0109 e. The first-order valence-corrected chi connectivity index (χ1v) is 6.31. The molecule has 1 aliphatic heterocycles. The van der Waals surface area contributed by atoms with Gasteiger partial charge in [-0.05, 0) is 32.5 Å². The minimum Gasteiger partial charge on any atom is -0.305 e. The fraction of sp³-hybridized carbons (Fsp3) is 1.00. The zero-order valence-electron chi connectivity index (χ0n) is 8.80. The molecule has 0 amide bonds. The summed E-state index contributed by atoms with van der Waals surface area (Å²) in [5.41, 5.74) is 0. The highest BCUT2D eigenvalue weighted by Crippen LogP contribution is 2.07. The first-order chi connectivity index (χ1) is 6.22. The summed E-state index contributed by atoms with van der Waals surface area (Å²) in [6.07, 6.45) is 1.32. The van der Waals surface area contributed by atoms with Crippen molar-refractivity contribution in [2.24, 2.45) is 5.92 Å². The third kappa shape index (κ3) is 4.43. The Labute approximate surface area is 90.4 Å². The van der Waals surface area contributed by atoms with Crippen LogP contribution in [0.2, 0.25) is 0 Å². The Bertz CT molecular complexity index is 141. The van der Waals surface area contributed by atoms with Gasteiger partial charge in [0.15, 0.2) is 0 Å². The maximum absolute atomic E-state index is 3.54. The lowest BCUT2D eigenvalue weighted by atomic mass is 10.2. The molecule has 78 valence electrons. The van der Waals surface area contributed by atoms with Gasteiger partial charge in [-0.1, -0.05) is 22.9 Å². The van der Waals surface area contributed by atoms with Crippen molar-refractivity contribution in [3.05, 3.63) is 0 Å². The lowest BCUT2D eigenvalue weighted by Gasteiger charge is -2.22. The Balaban J connectivity index is 2.25. The van der Waals surface area contributed by atoms with Crippen LogP contribution in [0.15, 0.2) is 0 Å². The summed E-state index contributed by atoms with van der Waals surface area (Å²) >= 11 is 3.54. The summed E-state index contributed by atoms with van der Waals surface area (Å²) in [5.74, 6) is 0.781. The van der Waals surface area contributed by atoms with Crippen LogP contribution in [0.5, 0.6) is 0 Å². The molecule has 1 atom stereocenters. The molecule has 0 aromatic rings. The molecule has 2 nitrogen and oxygen atoms in total. The van der Waals surface area contributed by atoms with Crippen molar-refractivity contribution in [3.8, 4) is 0 Å². The highest BCUT2D eigenvalue weighted by Gasteiger charge is 2.13. The molecule has 0 N–H and O–H groups in total. The van der Waals surface area contributed by atoms with Crippen LogP contribution in [0.4, 0.5) is 0 Å². The van der Waals surface area contributed by atoms with Crippen LogP contribution < -0.4 is 0 Å². The van der Waals surface area contributed by atoms with Crippen LogP contribution in [0.25, 0.3) is 0 Å². The van der Waals surface area contributed by atoms with Gasteiger partial charge in [0.05, 0.1) is 0 Å². The first-order valence-electron chi connectivity index (χ1n) is 5.19. The van der Waals surface area contributed by atoms with Gasteiger partial charge in [0.1, 0.15) is 0 Å². The van der Waals surface area contributed by atoms with Crippen LogP contribution in [-0.2, 0) is 0 Å². The topological polar surface area (TPSA) is 6.48 Å². The molecule has 0 aromatic carbocycles. The predicted octanol–water partition coefficient (Wildman–Crippen LogP) is 1.65. The summed E-state index contributed by atoms with van der Waals surface area (Å²) in [5, 5.41) is 1.12. The van der Waals surface area contributed by atoms with Crippen LogP contribution in [0.1, 0.15) is 13.3 Å². The van der Waals surface area contributed by atoms with Gasteiger partial charge in [-0.2, -0.15) is 0 Å². The van der Waals surface area contributed by atoms with E-state index in [0.717, 1.165) is 11.2 Å². The smallest absolute Gasteiger partial charge is 0.0109 e. The summed E-state index contributed by atoms with van der Waals surface area (Å²) in [6.45, 7) is 8.58. The normalized spacial score (nSPS) is 24.2. The number of halogens is 1. The number of nitrogens with zero attached hydrogens (tertiary/aromatic N) is 2. The highest BCUT2D eigenvalue weighted by atomic mass is 79.9. The van der Waals surface area contributed by atoms with Crippen LogP contribution in [-0.4, -0.2) is 54.9 Å². The Morgan fingerprint density at radius 1 is 1.23 bits per heavy atom. The largest absolute Gasteiger partial charge is 0.305 e. The van der Waals surface area contributed by atoms with Gasteiger partial charge in [0, 0.05) is 25.0 Å². The van der Waals surface area contributed by atoms with Gasteiger partial charge in [-0.15, -0.1) is 0 Å². The molecule has 1 saturated heterocycles. The van der Waals surface area contributed by atoms with E-state index in [9.17, 15) is 0 Å². The van der Waals surface area contributed by atoms with E-state index in [0.29, 0.717) is 0 Å². The van der Waals surface area contributed by atoms with E-state index >= 15 is 0 Å². The van der Waals surface area contributed by atoms with Crippen molar-refractivity contribution >= 4 is 15.9 Å². The maximum atomic E-state index is 3.54. The van der Waals surface area contributed by atoms with Crippen LogP contribution in [0, 0.1) is 5.92 Å². The number of hydrogen-bond donors (Lipinski definition) is 0. The van der Waals surface area contributed by atoms with Crippen molar-refractivity contribution < 1.29 is 0 Å². The summed E-state index contributed by atoms with van der Waals surface area (Å²) < 4.78 is 0. The van der Waals surface area contributed by atoms with Crippen LogP contribution >= 0.6 is 15.9 Å². The first kappa shape index (κ1) is 11.5. The molecular weight excluding hydrogens is 228 g/mol. The number of alkyl halides is 1. The molecule has 0 radical (unpaired) electrons. The molecule has 1 unspecified atom stereocenters. The minimum absolute atomic E-state index is 0.781. The second-order valence-electron chi connectivity index (χ2n) is 4.22. The van der Waals surface area contributed by atoms with Gasteiger partial charge in [0.2, 0.25) is 0 Å². The van der Waals surface area contributed by atoms with Gasteiger partial charge in [-0.25, -0.2) is 0 Å². The lowest BCUT2D eigenvalue weighted by molar-refractivity contribution is 0.251. The Kier molecular flexibility index (Phi) is 5.29. The van der Waals surface area contributed by atoms with E-state index in [2.05, 4.69) is 39.7 Å². The van der Waals surface area contributed by atoms with Crippen molar-refractivity contribution in [2.75, 3.05) is 45.1 Å². The Morgan fingerprint density at radius 2 is 2.00 bits per heavy atom. The Morgan fingerprint density at radius 3 is 2.69 bits per heavy atom. The second-order valence-corrected chi connectivity index (χ2v) is 4.86. The molecule has 1 aliphatic rings. The molecular formula is C10H21BrN2. The third-order valence-electron chi connectivity index (χ3n) is 2.65.